The number of fused-ring (bicyclic) bond motifs is 2. The topological polar surface area (TPSA) is 120 Å². The zero-order valence-electron chi connectivity index (χ0n) is 21.9. The first kappa shape index (κ1) is 24.2. The highest BCUT2D eigenvalue weighted by Gasteiger charge is 2.44. The van der Waals surface area contributed by atoms with Gasteiger partial charge >= 0.3 is 0 Å². The number of H-pyrrole nitrogens is 1. The van der Waals surface area contributed by atoms with Crippen LogP contribution in [0.3, 0.4) is 0 Å². The van der Waals surface area contributed by atoms with Gasteiger partial charge in [-0.15, -0.1) is 10.6 Å². The number of hydrogen-bond donors (Lipinski definition) is 4. The zero-order chi connectivity index (χ0) is 27.3. The van der Waals surface area contributed by atoms with Crippen LogP contribution in [0.4, 0.5) is 0 Å². The number of ether oxygens (including phenoxy) is 2. The summed E-state index contributed by atoms with van der Waals surface area (Å²) in [6.07, 6.45) is 3.35. The van der Waals surface area contributed by atoms with E-state index in [1.165, 1.54) is 0 Å². The minimum absolute atomic E-state index is 0.0409. The molecule has 1 amide bonds. The monoisotopic (exact) mass is 536 g/mol. The molecule has 0 aliphatic carbocycles. The van der Waals surface area contributed by atoms with Crippen LogP contribution in [-0.4, -0.2) is 53.2 Å². The average Bonchev–Trinajstić information content (AvgIpc) is 3.69. The van der Waals surface area contributed by atoms with Crippen LogP contribution in [0, 0.1) is 0 Å². The molecule has 3 aromatic carbocycles. The van der Waals surface area contributed by atoms with E-state index in [-0.39, 0.29) is 18.1 Å². The van der Waals surface area contributed by atoms with Crippen molar-refractivity contribution < 1.29 is 19.1 Å². The standard InChI is InChI=1S/C30H28N6O4/c1-39-23-14-21(18-2-4-25-19(12-18)6-9-31-25)13-22(15-23)29(38)36-10-7-30(8-11-36)17-26(37)24-16-20(3-5-27(24)40-30)28-32-34-35-33-28/h2-6,9,12-16,31,34-35H,7-8,10-11,17H2,1H3,(H,32,33). The number of nitrogens with one attached hydrogen (secondary N) is 4. The number of amides is 1. The molecule has 4 heterocycles. The largest absolute Gasteiger partial charge is 0.497 e. The lowest BCUT2D eigenvalue weighted by Gasteiger charge is -2.44. The Morgan fingerprint density at radius 2 is 1.85 bits per heavy atom. The maximum Gasteiger partial charge on any atom is 0.254 e. The lowest BCUT2D eigenvalue weighted by atomic mass is 9.82. The van der Waals surface area contributed by atoms with E-state index in [4.69, 9.17) is 9.47 Å². The smallest absolute Gasteiger partial charge is 0.254 e. The SMILES string of the molecule is COc1cc(C(=O)N2CCC3(CC2)CC(=O)c2cc(C4=NNNN4)ccc2O3)cc(-c2ccc3[nH]ccc3c2)c1. The first-order valence-corrected chi connectivity index (χ1v) is 13.3. The third-order valence-corrected chi connectivity index (χ3v) is 8.00. The molecule has 0 bridgehead atoms. The molecular formula is C30H28N6O4. The van der Waals surface area contributed by atoms with Crippen LogP contribution in [0.2, 0.25) is 0 Å². The molecule has 4 aromatic rings. The van der Waals surface area contributed by atoms with E-state index < -0.39 is 5.60 Å². The van der Waals surface area contributed by atoms with Crippen molar-refractivity contribution in [3.05, 3.63) is 83.6 Å². The molecule has 3 aliphatic heterocycles. The summed E-state index contributed by atoms with van der Waals surface area (Å²) in [6.45, 7) is 0.999. The van der Waals surface area contributed by atoms with Gasteiger partial charge in [0.25, 0.3) is 5.91 Å². The fourth-order valence-electron chi connectivity index (χ4n) is 5.80. The molecule has 0 saturated carbocycles. The fraction of sp³-hybridized carbons (Fsp3) is 0.233. The van der Waals surface area contributed by atoms with Gasteiger partial charge in [0.2, 0.25) is 0 Å². The minimum atomic E-state index is -0.611. The number of amidine groups is 1. The average molecular weight is 537 g/mol. The number of likely N-dealkylation sites (tertiary alicyclic amines) is 1. The van der Waals surface area contributed by atoms with Crippen LogP contribution < -0.4 is 26.0 Å². The molecule has 1 aromatic heterocycles. The summed E-state index contributed by atoms with van der Waals surface area (Å²) in [6, 6.07) is 19.4. The summed E-state index contributed by atoms with van der Waals surface area (Å²) in [5.41, 5.74) is 12.5. The van der Waals surface area contributed by atoms with Crippen LogP contribution in [-0.2, 0) is 0 Å². The predicted molar refractivity (Wildman–Crippen MR) is 150 cm³/mol. The molecule has 3 aliphatic rings. The molecule has 10 heteroatoms. The van der Waals surface area contributed by atoms with E-state index in [9.17, 15) is 9.59 Å². The van der Waals surface area contributed by atoms with Crippen LogP contribution in [0.1, 0.15) is 45.5 Å². The zero-order valence-corrected chi connectivity index (χ0v) is 21.9. The highest BCUT2D eigenvalue weighted by molar-refractivity contribution is 6.05. The minimum Gasteiger partial charge on any atom is -0.497 e. The van der Waals surface area contributed by atoms with E-state index in [2.05, 4.69) is 32.6 Å². The van der Waals surface area contributed by atoms with Gasteiger partial charge in [0.1, 0.15) is 17.1 Å². The second-order valence-corrected chi connectivity index (χ2v) is 10.4. The van der Waals surface area contributed by atoms with Gasteiger partial charge in [-0.1, -0.05) is 6.07 Å². The number of rotatable bonds is 4. The predicted octanol–water partition coefficient (Wildman–Crippen LogP) is 3.76. The number of methoxy groups -OCH3 is 1. The van der Waals surface area contributed by atoms with Crippen molar-refractivity contribution in [2.45, 2.75) is 24.9 Å². The molecule has 0 atom stereocenters. The van der Waals surface area contributed by atoms with Gasteiger partial charge in [-0.2, -0.15) is 0 Å². The van der Waals surface area contributed by atoms with Gasteiger partial charge in [-0.3, -0.25) is 15.0 Å². The number of hydrazone groups is 1. The summed E-state index contributed by atoms with van der Waals surface area (Å²) >= 11 is 0. The molecule has 0 radical (unpaired) electrons. The van der Waals surface area contributed by atoms with Crippen molar-refractivity contribution >= 4 is 28.4 Å². The Hall–Kier alpha value is -4.83. The Balaban J connectivity index is 1.09. The molecule has 10 nitrogen and oxygen atoms in total. The van der Waals surface area contributed by atoms with Crippen LogP contribution in [0.5, 0.6) is 11.5 Å². The number of hydrogen-bond acceptors (Lipinski definition) is 8. The van der Waals surface area contributed by atoms with Gasteiger partial charge in [0, 0.05) is 48.8 Å². The number of aromatic amines is 1. The molecule has 202 valence electrons. The number of benzene rings is 3. The Morgan fingerprint density at radius 1 is 1.00 bits per heavy atom. The van der Waals surface area contributed by atoms with E-state index in [0.29, 0.717) is 54.4 Å². The molecule has 4 N–H and O–H groups in total. The number of ketones is 1. The van der Waals surface area contributed by atoms with Crippen LogP contribution in [0.25, 0.3) is 22.0 Å². The maximum atomic E-state index is 13.7. The van der Waals surface area contributed by atoms with E-state index >= 15 is 0 Å². The lowest BCUT2D eigenvalue weighted by molar-refractivity contribution is -0.00572. The number of aromatic nitrogens is 1. The first-order chi connectivity index (χ1) is 19.5. The van der Waals surface area contributed by atoms with E-state index in [1.54, 1.807) is 19.2 Å². The second kappa shape index (κ2) is 9.42. The van der Waals surface area contributed by atoms with Crippen molar-refractivity contribution in [3.8, 4) is 22.6 Å². The normalized spacial score (nSPS) is 17.6. The van der Waals surface area contributed by atoms with Crippen LogP contribution >= 0.6 is 0 Å². The van der Waals surface area contributed by atoms with Gasteiger partial charge in [0.15, 0.2) is 11.6 Å². The lowest BCUT2D eigenvalue weighted by Crippen LogP contribution is -2.52. The van der Waals surface area contributed by atoms with Crippen molar-refractivity contribution in [2.24, 2.45) is 5.10 Å². The van der Waals surface area contributed by atoms with Gasteiger partial charge in [-0.25, -0.2) is 5.53 Å². The van der Waals surface area contributed by atoms with Crippen LogP contribution in [0.15, 0.2) is 72.0 Å². The molecule has 7 rings (SSSR count). The fourth-order valence-corrected chi connectivity index (χ4v) is 5.80. The summed E-state index contributed by atoms with van der Waals surface area (Å²) in [4.78, 5) is 31.9. The van der Waals surface area contributed by atoms with Crippen molar-refractivity contribution in [1.82, 2.24) is 26.4 Å². The quantitative estimate of drug-likeness (QED) is 0.314. The first-order valence-electron chi connectivity index (χ1n) is 13.3. The Labute approximate surface area is 230 Å². The Kier molecular flexibility index (Phi) is 5.71. The molecule has 0 unspecified atom stereocenters. The number of Topliss-reactive ketones (excluding diaryl/α,β-unsaturated/α-hetero) is 1. The summed E-state index contributed by atoms with van der Waals surface area (Å²) < 4.78 is 12.0. The summed E-state index contributed by atoms with van der Waals surface area (Å²) in [7, 11) is 1.61. The number of hydrazine groups is 2. The number of nitrogens with zero attached hydrogens (tertiary/aromatic N) is 2. The van der Waals surface area contributed by atoms with Gasteiger partial charge in [-0.05, 0) is 71.1 Å². The molecule has 1 saturated heterocycles. The summed E-state index contributed by atoms with van der Waals surface area (Å²) in [5.74, 6) is 1.80. The highest BCUT2D eigenvalue weighted by atomic mass is 16.5. The number of carbonyl (C=O) groups excluding carboxylic acids is 2. The Morgan fingerprint density at radius 3 is 2.65 bits per heavy atom. The maximum absolute atomic E-state index is 13.7. The third-order valence-electron chi connectivity index (χ3n) is 8.00. The van der Waals surface area contributed by atoms with E-state index in [1.807, 2.05) is 53.6 Å². The highest BCUT2D eigenvalue weighted by Crippen LogP contribution is 2.40. The van der Waals surface area contributed by atoms with Gasteiger partial charge in [0.05, 0.1) is 19.1 Å². The molecule has 1 fully saturated rings. The summed E-state index contributed by atoms with van der Waals surface area (Å²) in [5, 5.41) is 5.21. The van der Waals surface area contributed by atoms with E-state index in [0.717, 1.165) is 27.6 Å². The molecule has 1 spiro atoms. The molecule has 40 heavy (non-hydrogen) atoms. The van der Waals surface area contributed by atoms with Crippen molar-refractivity contribution in [1.29, 1.82) is 0 Å². The second-order valence-electron chi connectivity index (χ2n) is 10.4. The molecular weight excluding hydrogens is 508 g/mol. The third kappa shape index (κ3) is 4.22. The van der Waals surface area contributed by atoms with Crippen molar-refractivity contribution in [3.63, 3.8) is 0 Å². The Bertz CT molecular complexity index is 1680. The van der Waals surface area contributed by atoms with Crippen molar-refractivity contribution in [2.75, 3.05) is 20.2 Å². The van der Waals surface area contributed by atoms with Gasteiger partial charge < -0.3 is 19.4 Å². The number of piperidine rings is 1. The number of carbonyl (C=O) groups is 2.